The Hall–Kier alpha value is -1.97. The van der Waals surface area contributed by atoms with Gasteiger partial charge in [0, 0.05) is 5.56 Å². The Balaban J connectivity index is 2.52. The van der Waals surface area contributed by atoms with Crippen molar-refractivity contribution in [1.82, 2.24) is 0 Å². The zero-order valence-electron chi connectivity index (χ0n) is 9.30. The normalized spacial score (nSPS) is 10.1. The molecule has 0 aromatic heterocycles. The van der Waals surface area contributed by atoms with E-state index in [9.17, 15) is 4.79 Å². The van der Waals surface area contributed by atoms with E-state index in [1.165, 1.54) is 7.11 Å². The first-order valence-corrected chi connectivity index (χ1v) is 4.78. The second-order valence-corrected chi connectivity index (χ2v) is 2.91. The number of carbonyl (C=O) groups is 1. The van der Waals surface area contributed by atoms with E-state index in [0.29, 0.717) is 0 Å². The van der Waals surface area contributed by atoms with E-state index in [2.05, 4.69) is 4.74 Å². The molecule has 0 aliphatic rings. The Kier molecular flexibility index (Phi) is 4.92. The van der Waals surface area contributed by atoms with Crippen molar-refractivity contribution in [1.29, 1.82) is 0 Å². The number of ether oxygens (including phenoxy) is 3. The van der Waals surface area contributed by atoms with Crippen LogP contribution in [-0.4, -0.2) is 27.0 Å². The first kappa shape index (κ1) is 12.1. The lowest BCUT2D eigenvalue weighted by Crippen LogP contribution is -2.03. The summed E-state index contributed by atoms with van der Waals surface area (Å²) in [4.78, 5) is 10.6. The van der Waals surface area contributed by atoms with Gasteiger partial charge in [0.25, 0.3) is 0 Å². The van der Waals surface area contributed by atoms with Crippen molar-refractivity contribution in [2.45, 2.75) is 0 Å². The summed E-state index contributed by atoms with van der Waals surface area (Å²) in [6.45, 7) is 0.171. The summed E-state index contributed by atoms with van der Waals surface area (Å²) in [7, 11) is 2.88. The molecular weight excluding hydrogens is 208 g/mol. The fraction of sp³-hybridized carbons (Fsp3) is 0.250. The predicted octanol–water partition coefficient (Wildman–Crippen LogP) is 2.49. The van der Waals surface area contributed by atoms with Crippen LogP contribution in [0.1, 0.15) is 5.56 Å². The Labute approximate surface area is 94.4 Å². The van der Waals surface area contributed by atoms with Gasteiger partial charge in [0.15, 0.2) is 0 Å². The van der Waals surface area contributed by atoms with Gasteiger partial charge >= 0.3 is 6.16 Å². The molecule has 0 heterocycles. The molecule has 0 atom stereocenters. The number of hydrogen-bond acceptors (Lipinski definition) is 4. The highest BCUT2D eigenvalue weighted by atomic mass is 16.7. The molecule has 1 aromatic rings. The van der Waals surface area contributed by atoms with Crippen LogP contribution in [0.4, 0.5) is 4.79 Å². The van der Waals surface area contributed by atoms with E-state index in [-0.39, 0.29) is 6.61 Å². The fourth-order valence-electron chi connectivity index (χ4n) is 1.15. The van der Waals surface area contributed by atoms with Crippen LogP contribution in [0.15, 0.2) is 30.3 Å². The maximum atomic E-state index is 10.6. The van der Waals surface area contributed by atoms with E-state index >= 15 is 0 Å². The second-order valence-electron chi connectivity index (χ2n) is 2.91. The number of rotatable bonds is 4. The molecule has 16 heavy (non-hydrogen) atoms. The number of para-hydroxylation sites is 1. The summed E-state index contributed by atoms with van der Waals surface area (Å²) >= 11 is 0. The van der Waals surface area contributed by atoms with E-state index in [1.807, 2.05) is 30.3 Å². The third kappa shape index (κ3) is 3.65. The Morgan fingerprint density at radius 3 is 2.75 bits per heavy atom. The second kappa shape index (κ2) is 6.50. The Morgan fingerprint density at radius 1 is 1.31 bits per heavy atom. The topological polar surface area (TPSA) is 44.8 Å². The van der Waals surface area contributed by atoms with Crippen molar-refractivity contribution in [3.63, 3.8) is 0 Å². The van der Waals surface area contributed by atoms with Gasteiger partial charge < -0.3 is 14.2 Å². The third-order valence-electron chi connectivity index (χ3n) is 1.90. The third-order valence-corrected chi connectivity index (χ3v) is 1.90. The summed E-state index contributed by atoms with van der Waals surface area (Å²) in [5, 5.41) is 0. The van der Waals surface area contributed by atoms with Crippen molar-refractivity contribution in [3.8, 4) is 5.75 Å². The molecule has 4 nitrogen and oxygen atoms in total. The molecule has 4 heteroatoms. The van der Waals surface area contributed by atoms with Crippen LogP contribution in [0.5, 0.6) is 5.75 Å². The minimum absolute atomic E-state index is 0.171. The quantitative estimate of drug-likeness (QED) is 0.734. The van der Waals surface area contributed by atoms with E-state index in [4.69, 9.17) is 9.47 Å². The van der Waals surface area contributed by atoms with Gasteiger partial charge in [0.2, 0.25) is 0 Å². The summed E-state index contributed by atoms with van der Waals surface area (Å²) in [6.07, 6.45) is 2.85. The molecule has 0 aliphatic heterocycles. The molecule has 0 bridgehead atoms. The minimum atomic E-state index is -0.690. The molecule has 0 radical (unpaired) electrons. The molecule has 0 fully saturated rings. The summed E-state index contributed by atoms with van der Waals surface area (Å²) in [5.41, 5.74) is 0.929. The summed E-state index contributed by atoms with van der Waals surface area (Å²) in [5.74, 6) is 0.775. The van der Waals surface area contributed by atoms with Gasteiger partial charge in [-0.05, 0) is 12.1 Å². The smallest absolute Gasteiger partial charge is 0.496 e. The highest BCUT2D eigenvalue weighted by Gasteiger charge is 1.98. The van der Waals surface area contributed by atoms with Crippen molar-refractivity contribution in [2.24, 2.45) is 0 Å². The molecule has 0 N–H and O–H groups in total. The van der Waals surface area contributed by atoms with E-state index < -0.39 is 6.16 Å². The number of benzene rings is 1. The lowest BCUT2D eigenvalue weighted by Gasteiger charge is -2.03. The van der Waals surface area contributed by atoms with Gasteiger partial charge in [-0.1, -0.05) is 24.3 Å². The van der Waals surface area contributed by atoms with Crippen LogP contribution in [0, 0.1) is 0 Å². The molecule has 0 aliphatic carbocycles. The van der Waals surface area contributed by atoms with Gasteiger partial charge in [0.05, 0.1) is 14.2 Å². The first-order chi connectivity index (χ1) is 7.77. The molecule has 0 unspecified atom stereocenters. The fourth-order valence-corrected chi connectivity index (χ4v) is 1.15. The molecular formula is C12H14O4. The van der Waals surface area contributed by atoms with Crippen molar-refractivity contribution in [2.75, 3.05) is 20.8 Å². The average Bonchev–Trinajstić information content (AvgIpc) is 2.34. The molecule has 0 saturated carbocycles. The van der Waals surface area contributed by atoms with Gasteiger partial charge in [-0.15, -0.1) is 0 Å². The molecule has 0 spiro atoms. The number of methoxy groups -OCH3 is 2. The maximum absolute atomic E-state index is 10.6. The number of carbonyl (C=O) groups excluding carboxylic acids is 1. The molecule has 86 valence electrons. The average molecular weight is 222 g/mol. The largest absolute Gasteiger partial charge is 0.508 e. The summed E-state index contributed by atoms with van der Waals surface area (Å²) in [6, 6.07) is 7.57. The lowest BCUT2D eigenvalue weighted by atomic mass is 10.2. The highest BCUT2D eigenvalue weighted by molar-refractivity contribution is 5.60. The molecule has 1 aromatic carbocycles. The molecule has 0 saturated heterocycles. The maximum Gasteiger partial charge on any atom is 0.508 e. The molecule has 0 amide bonds. The zero-order valence-corrected chi connectivity index (χ0v) is 9.30. The van der Waals surface area contributed by atoms with Crippen LogP contribution in [0.3, 0.4) is 0 Å². The Bertz CT molecular complexity index is 371. The number of hydrogen-bond donors (Lipinski definition) is 0. The predicted molar refractivity (Wildman–Crippen MR) is 60.4 cm³/mol. The van der Waals surface area contributed by atoms with Crippen LogP contribution in [0.2, 0.25) is 0 Å². The van der Waals surface area contributed by atoms with Crippen LogP contribution >= 0.6 is 0 Å². The van der Waals surface area contributed by atoms with Crippen LogP contribution in [0.25, 0.3) is 6.08 Å². The van der Waals surface area contributed by atoms with Crippen LogP contribution < -0.4 is 4.74 Å². The van der Waals surface area contributed by atoms with Crippen molar-refractivity contribution in [3.05, 3.63) is 35.9 Å². The highest BCUT2D eigenvalue weighted by Crippen LogP contribution is 2.18. The first-order valence-electron chi connectivity index (χ1n) is 4.78. The van der Waals surface area contributed by atoms with E-state index in [0.717, 1.165) is 11.3 Å². The monoisotopic (exact) mass is 222 g/mol. The van der Waals surface area contributed by atoms with Crippen molar-refractivity contribution < 1.29 is 19.0 Å². The SMILES string of the molecule is COC(=O)OCC=Cc1ccccc1OC. The van der Waals surface area contributed by atoms with Gasteiger partial charge in [0.1, 0.15) is 12.4 Å². The van der Waals surface area contributed by atoms with Crippen molar-refractivity contribution >= 4 is 12.2 Å². The van der Waals surface area contributed by atoms with Gasteiger partial charge in [-0.2, -0.15) is 0 Å². The van der Waals surface area contributed by atoms with Gasteiger partial charge in [-0.25, -0.2) is 4.79 Å². The van der Waals surface area contributed by atoms with E-state index in [1.54, 1.807) is 13.2 Å². The molecule has 1 rings (SSSR count). The Morgan fingerprint density at radius 2 is 2.06 bits per heavy atom. The minimum Gasteiger partial charge on any atom is -0.496 e. The van der Waals surface area contributed by atoms with Crippen LogP contribution in [-0.2, 0) is 9.47 Å². The standard InChI is InChI=1S/C12H14O4/c1-14-11-8-4-3-6-10(11)7-5-9-16-12(13)15-2/h3-8H,9H2,1-2H3. The zero-order chi connectivity index (χ0) is 11.8. The summed E-state index contributed by atoms with van der Waals surface area (Å²) < 4.78 is 14.2. The van der Waals surface area contributed by atoms with Gasteiger partial charge in [-0.3, -0.25) is 0 Å². The lowest BCUT2D eigenvalue weighted by molar-refractivity contribution is 0.0819.